The monoisotopic (exact) mass is 390 g/mol. The molecule has 1 atom stereocenters. The summed E-state index contributed by atoms with van der Waals surface area (Å²) in [5.74, 6) is -0.793. The van der Waals surface area contributed by atoms with Crippen LogP contribution in [-0.2, 0) is 14.3 Å². The van der Waals surface area contributed by atoms with Gasteiger partial charge in [-0.3, -0.25) is 0 Å². The van der Waals surface area contributed by atoms with Crippen LogP contribution in [0, 0.1) is 0 Å². The zero-order chi connectivity index (χ0) is 17.5. The summed E-state index contributed by atoms with van der Waals surface area (Å²) in [6.07, 6.45) is 0. The van der Waals surface area contributed by atoms with Crippen molar-refractivity contribution in [2.24, 2.45) is 0 Å². The molecule has 2 aromatic carbocycles. The molecule has 4 nitrogen and oxygen atoms in total. The molecule has 5 heteroatoms. The molecule has 0 aliphatic rings. The minimum absolute atomic E-state index is 0.0113. The van der Waals surface area contributed by atoms with E-state index in [9.17, 15) is 14.4 Å². The topological polar surface area (TPSA) is 60.4 Å². The van der Waals surface area contributed by atoms with Crippen LogP contribution < -0.4 is 0 Å². The molecule has 124 valence electrons. The van der Waals surface area contributed by atoms with Gasteiger partial charge in [-0.05, 0) is 0 Å². The van der Waals surface area contributed by atoms with Crippen LogP contribution in [-0.4, -0.2) is 38.5 Å². The van der Waals surface area contributed by atoms with E-state index in [0.29, 0.717) is 11.1 Å². The van der Waals surface area contributed by atoms with E-state index in [-0.39, 0.29) is 27.7 Å². The van der Waals surface area contributed by atoms with E-state index in [1.807, 2.05) is 24.3 Å². The van der Waals surface area contributed by atoms with Crippen molar-refractivity contribution in [3.63, 3.8) is 0 Å². The summed E-state index contributed by atoms with van der Waals surface area (Å²) in [6, 6.07) is 16.1. The van der Waals surface area contributed by atoms with Crippen molar-refractivity contribution in [2.75, 3.05) is 7.11 Å². The zero-order valence-corrected chi connectivity index (χ0v) is 15.2. The molecule has 2 aromatic rings. The summed E-state index contributed by atoms with van der Waals surface area (Å²) >= 11 is -0.466. The number of hydrogen-bond acceptors (Lipinski definition) is 4. The standard InChI is InChI=1S/C19H18O4Se/c1-13(19(22)24-12-17(20)23-2)15-9-6-10-16(11-15)18(21)14-7-4-3-5-8-14/h3-11,13H,12H2,1-2H3. The van der Waals surface area contributed by atoms with Crippen molar-refractivity contribution in [3.8, 4) is 0 Å². The summed E-state index contributed by atoms with van der Waals surface area (Å²) in [5, 5.41) is 0.134. The average Bonchev–Trinajstić information content (AvgIpc) is 2.65. The Morgan fingerprint density at radius 2 is 1.67 bits per heavy atom. The number of carbonyl (C=O) groups excluding carboxylic acids is 3. The molecule has 0 amide bonds. The number of benzene rings is 2. The normalized spacial score (nSPS) is 11.6. The zero-order valence-electron chi connectivity index (χ0n) is 13.5. The number of ketones is 1. The van der Waals surface area contributed by atoms with Gasteiger partial charge in [-0.2, -0.15) is 0 Å². The fourth-order valence-electron chi connectivity index (χ4n) is 2.16. The van der Waals surface area contributed by atoms with Gasteiger partial charge < -0.3 is 0 Å². The predicted octanol–water partition coefficient (Wildman–Crippen LogP) is 2.84. The Labute approximate surface area is 147 Å². The number of ether oxygens (including phenoxy) is 1. The molecule has 0 aliphatic heterocycles. The Balaban J connectivity index is 2.13. The van der Waals surface area contributed by atoms with Crippen LogP contribution in [0.5, 0.6) is 0 Å². The first-order valence-electron chi connectivity index (χ1n) is 7.46. The van der Waals surface area contributed by atoms with Crippen molar-refractivity contribution in [3.05, 3.63) is 71.3 Å². The summed E-state index contributed by atoms with van der Waals surface area (Å²) in [5.41, 5.74) is 1.95. The van der Waals surface area contributed by atoms with Gasteiger partial charge in [0.2, 0.25) is 0 Å². The summed E-state index contributed by atoms with van der Waals surface area (Å²) in [7, 11) is 1.31. The molecular weight excluding hydrogens is 371 g/mol. The number of methoxy groups -OCH3 is 1. The third kappa shape index (κ3) is 4.63. The molecule has 0 bridgehead atoms. The van der Waals surface area contributed by atoms with Crippen molar-refractivity contribution < 1.29 is 19.1 Å². The van der Waals surface area contributed by atoms with E-state index in [0.717, 1.165) is 5.56 Å². The fourth-order valence-corrected chi connectivity index (χ4v) is 3.76. The molecule has 0 saturated carbocycles. The number of hydrogen-bond donors (Lipinski definition) is 0. The van der Waals surface area contributed by atoms with Gasteiger partial charge in [0.1, 0.15) is 0 Å². The van der Waals surface area contributed by atoms with Gasteiger partial charge in [0.05, 0.1) is 0 Å². The van der Waals surface area contributed by atoms with E-state index in [4.69, 9.17) is 0 Å². The third-order valence-corrected chi connectivity index (χ3v) is 5.73. The molecule has 1 unspecified atom stereocenters. The molecule has 0 N–H and O–H groups in total. The van der Waals surface area contributed by atoms with Crippen LogP contribution in [0.2, 0.25) is 5.32 Å². The Bertz CT molecular complexity index is 740. The van der Waals surface area contributed by atoms with E-state index in [1.54, 1.807) is 37.3 Å². The van der Waals surface area contributed by atoms with Gasteiger partial charge >= 0.3 is 147 Å². The number of carbonyl (C=O) groups is 3. The fraction of sp³-hybridized carbons (Fsp3) is 0.211. The van der Waals surface area contributed by atoms with Gasteiger partial charge in [-0.25, -0.2) is 0 Å². The van der Waals surface area contributed by atoms with E-state index >= 15 is 0 Å². The third-order valence-electron chi connectivity index (χ3n) is 3.60. The van der Waals surface area contributed by atoms with Crippen LogP contribution in [0.15, 0.2) is 54.6 Å². The van der Waals surface area contributed by atoms with Crippen molar-refractivity contribution in [1.29, 1.82) is 0 Å². The Hall–Kier alpha value is -2.23. The molecule has 0 saturated heterocycles. The van der Waals surface area contributed by atoms with Crippen LogP contribution in [0.1, 0.15) is 34.3 Å². The second-order valence-corrected chi connectivity index (χ2v) is 7.28. The van der Waals surface area contributed by atoms with Crippen LogP contribution >= 0.6 is 0 Å². The average molecular weight is 389 g/mol. The molecule has 0 spiro atoms. The van der Waals surface area contributed by atoms with E-state index < -0.39 is 15.0 Å². The maximum absolute atomic E-state index is 12.5. The molecule has 0 radical (unpaired) electrons. The van der Waals surface area contributed by atoms with Gasteiger partial charge in [-0.15, -0.1) is 0 Å². The molecule has 2 rings (SSSR count). The Kier molecular flexibility index (Phi) is 6.47. The van der Waals surface area contributed by atoms with Gasteiger partial charge in [0.15, 0.2) is 0 Å². The van der Waals surface area contributed by atoms with Crippen LogP contribution in [0.25, 0.3) is 0 Å². The predicted molar refractivity (Wildman–Crippen MR) is 92.3 cm³/mol. The molecule has 0 aromatic heterocycles. The van der Waals surface area contributed by atoms with Crippen molar-refractivity contribution in [1.82, 2.24) is 0 Å². The summed E-state index contributed by atoms with van der Waals surface area (Å²) in [6.45, 7) is 1.80. The second kappa shape index (κ2) is 8.57. The summed E-state index contributed by atoms with van der Waals surface area (Å²) < 4.78 is 4.58. The quantitative estimate of drug-likeness (QED) is 0.415. The van der Waals surface area contributed by atoms with Crippen LogP contribution in [0.3, 0.4) is 0 Å². The second-order valence-electron chi connectivity index (χ2n) is 5.23. The van der Waals surface area contributed by atoms with E-state index in [1.165, 1.54) is 7.11 Å². The van der Waals surface area contributed by atoms with Crippen LogP contribution in [0.4, 0.5) is 0 Å². The number of rotatable bonds is 7. The Morgan fingerprint density at radius 1 is 1.00 bits per heavy atom. The maximum atomic E-state index is 12.5. The molecule has 0 aliphatic carbocycles. The van der Waals surface area contributed by atoms with Gasteiger partial charge in [-0.1, -0.05) is 0 Å². The molecular formula is C19H18O4Se. The molecule has 0 fully saturated rings. The van der Waals surface area contributed by atoms with Gasteiger partial charge in [0, 0.05) is 0 Å². The Morgan fingerprint density at radius 3 is 2.33 bits per heavy atom. The summed E-state index contributed by atoms with van der Waals surface area (Å²) in [4.78, 5) is 35.9. The first-order chi connectivity index (χ1) is 11.5. The number of esters is 1. The van der Waals surface area contributed by atoms with Gasteiger partial charge in [0.25, 0.3) is 0 Å². The minimum atomic E-state index is -0.466. The van der Waals surface area contributed by atoms with E-state index in [2.05, 4.69) is 4.74 Å². The molecule has 24 heavy (non-hydrogen) atoms. The van der Waals surface area contributed by atoms with Crippen molar-refractivity contribution in [2.45, 2.75) is 18.2 Å². The first kappa shape index (κ1) is 18.1. The molecule has 0 heterocycles. The SMILES string of the molecule is COC(=O)C[Se]C(=O)C(C)c1cccc(C(=O)c2ccccc2)c1. The van der Waals surface area contributed by atoms with Crippen molar-refractivity contribution >= 4 is 31.4 Å². The first-order valence-corrected chi connectivity index (χ1v) is 9.53.